The molecule has 1 aliphatic rings. The van der Waals surface area contributed by atoms with Crippen LogP contribution in [-0.2, 0) is 0 Å². The lowest BCUT2D eigenvalue weighted by Gasteiger charge is -2.32. The highest BCUT2D eigenvalue weighted by molar-refractivity contribution is 5.77. The normalized spacial score (nSPS) is 21.0. The number of H-pyrrole nitrogens is 1. The Kier molecular flexibility index (Phi) is 3.06. The van der Waals surface area contributed by atoms with Crippen molar-refractivity contribution in [3.8, 4) is 5.75 Å². The summed E-state index contributed by atoms with van der Waals surface area (Å²) in [5.74, 6) is 0.198. The Balaban J connectivity index is 2.06. The van der Waals surface area contributed by atoms with E-state index in [0.717, 1.165) is 43.5 Å². The number of likely N-dealkylation sites (tertiary alicyclic amines) is 1. The summed E-state index contributed by atoms with van der Waals surface area (Å²) in [6.45, 7) is 5.17. The molecule has 5 heteroatoms. The van der Waals surface area contributed by atoms with Gasteiger partial charge in [-0.3, -0.25) is 4.57 Å². The Labute approximate surface area is 111 Å². The minimum atomic E-state index is -0.0800. The Morgan fingerprint density at radius 3 is 3.11 bits per heavy atom. The zero-order valence-electron chi connectivity index (χ0n) is 11.1. The van der Waals surface area contributed by atoms with Crippen molar-refractivity contribution in [3.63, 3.8) is 0 Å². The van der Waals surface area contributed by atoms with Gasteiger partial charge in [-0.15, -0.1) is 0 Å². The lowest BCUT2D eigenvalue weighted by Crippen LogP contribution is -2.38. The Morgan fingerprint density at radius 1 is 1.47 bits per heavy atom. The van der Waals surface area contributed by atoms with E-state index in [1.54, 1.807) is 22.8 Å². The fraction of sp³-hybridized carbons (Fsp3) is 0.500. The van der Waals surface area contributed by atoms with Crippen LogP contribution in [0.2, 0.25) is 0 Å². The molecule has 1 fully saturated rings. The van der Waals surface area contributed by atoms with Crippen LogP contribution in [0.5, 0.6) is 5.75 Å². The molecular weight excluding hydrogens is 242 g/mol. The highest BCUT2D eigenvalue weighted by Crippen LogP contribution is 2.25. The number of nitrogens with one attached hydrogen (secondary N) is 1. The second-order valence-corrected chi connectivity index (χ2v) is 5.19. The predicted octanol–water partition coefficient (Wildman–Crippen LogP) is 1.69. The number of nitrogens with zero attached hydrogens (tertiary/aromatic N) is 2. The summed E-state index contributed by atoms with van der Waals surface area (Å²) in [6.07, 6.45) is 2.12. The first-order valence-corrected chi connectivity index (χ1v) is 6.84. The van der Waals surface area contributed by atoms with E-state index in [2.05, 4.69) is 16.8 Å². The van der Waals surface area contributed by atoms with E-state index in [1.165, 1.54) is 0 Å². The quantitative estimate of drug-likeness (QED) is 0.865. The predicted molar refractivity (Wildman–Crippen MR) is 74.6 cm³/mol. The van der Waals surface area contributed by atoms with Gasteiger partial charge in [0.1, 0.15) is 5.75 Å². The molecule has 3 rings (SSSR count). The van der Waals surface area contributed by atoms with Gasteiger partial charge in [0.2, 0.25) is 0 Å². The molecule has 1 aliphatic heterocycles. The number of piperidine rings is 1. The average molecular weight is 261 g/mol. The minimum absolute atomic E-state index is 0.0800. The van der Waals surface area contributed by atoms with Gasteiger partial charge in [0.25, 0.3) is 0 Å². The second-order valence-electron chi connectivity index (χ2n) is 5.19. The molecular formula is C14H19N3O2. The fourth-order valence-electron chi connectivity index (χ4n) is 3.00. The van der Waals surface area contributed by atoms with E-state index in [9.17, 15) is 9.90 Å². The third kappa shape index (κ3) is 2.14. The smallest absolute Gasteiger partial charge is 0.326 e. The number of fused-ring (bicyclic) bond motifs is 1. The van der Waals surface area contributed by atoms with Crippen molar-refractivity contribution in [2.45, 2.75) is 25.8 Å². The highest BCUT2D eigenvalue weighted by Gasteiger charge is 2.23. The summed E-state index contributed by atoms with van der Waals surface area (Å²) in [5, 5.41) is 9.62. The molecule has 1 atom stereocenters. The van der Waals surface area contributed by atoms with Crippen LogP contribution in [0.4, 0.5) is 0 Å². The van der Waals surface area contributed by atoms with Gasteiger partial charge in [0.15, 0.2) is 0 Å². The van der Waals surface area contributed by atoms with Gasteiger partial charge in [-0.1, -0.05) is 6.92 Å². The van der Waals surface area contributed by atoms with E-state index < -0.39 is 0 Å². The lowest BCUT2D eigenvalue weighted by atomic mass is 10.1. The van der Waals surface area contributed by atoms with Crippen LogP contribution in [0.15, 0.2) is 23.0 Å². The number of aromatic amines is 1. The molecule has 2 aromatic rings. The molecule has 0 spiro atoms. The number of rotatable bonds is 2. The van der Waals surface area contributed by atoms with Crippen molar-refractivity contribution in [3.05, 3.63) is 28.7 Å². The summed E-state index contributed by atoms with van der Waals surface area (Å²) in [7, 11) is 0. The summed E-state index contributed by atoms with van der Waals surface area (Å²) < 4.78 is 1.80. The van der Waals surface area contributed by atoms with Crippen LogP contribution < -0.4 is 5.69 Å². The topological polar surface area (TPSA) is 61.3 Å². The minimum Gasteiger partial charge on any atom is -0.508 e. The molecule has 2 heterocycles. The van der Waals surface area contributed by atoms with Crippen LogP contribution >= 0.6 is 0 Å². The molecule has 0 amide bonds. The molecule has 0 bridgehead atoms. The van der Waals surface area contributed by atoms with Gasteiger partial charge in [0, 0.05) is 12.6 Å². The van der Waals surface area contributed by atoms with E-state index in [-0.39, 0.29) is 17.5 Å². The zero-order chi connectivity index (χ0) is 13.4. The third-order valence-electron chi connectivity index (χ3n) is 3.99. The number of imidazole rings is 1. The van der Waals surface area contributed by atoms with E-state index in [4.69, 9.17) is 0 Å². The summed E-state index contributed by atoms with van der Waals surface area (Å²) in [4.78, 5) is 17.4. The molecule has 1 aromatic carbocycles. The molecule has 0 aliphatic carbocycles. The second kappa shape index (κ2) is 4.74. The summed E-state index contributed by atoms with van der Waals surface area (Å²) in [6, 6.07) is 5.21. The molecule has 19 heavy (non-hydrogen) atoms. The van der Waals surface area contributed by atoms with E-state index >= 15 is 0 Å². The number of hydrogen-bond donors (Lipinski definition) is 2. The first-order valence-electron chi connectivity index (χ1n) is 6.84. The first-order chi connectivity index (χ1) is 9.19. The SMILES string of the molecule is CCN1CCCC(n2c(=O)[nH]c3ccc(O)cc32)C1. The van der Waals surface area contributed by atoms with Gasteiger partial charge in [0.05, 0.1) is 17.1 Å². The average Bonchev–Trinajstić information content (AvgIpc) is 2.74. The molecule has 5 nitrogen and oxygen atoms in total. The highest BCUT2D eigenvalue weighted by atomic mass is 16.3. The first kappa shape index (κ1) is 12.3. The molecule has 1 unspecified atom stereocenters. The molecule has 0 radical (unpaired) electrons. The Hall–Kier alpha value is -1.75. The number of phenolic OH excluding ortho intramolecular Hbond substituents is 1. The maximum Gasteiger partial charge on any atom is 0.326 e. The van der Waals surface area contributed by atoms with Gasteiger partial charge in [-0.2, -0.15) is 0 Å². The summed E-state index contributed by atoms with van der Waals surface area (Å²) in [5.41, 5.74) is 1.51. The van der Waals surface area contributed by atoms with E-state index in [0.29, 0.717) is 0 Å². The molecule has 102 valence electrons. The molecule has 0 saturated carbocycles. The van der Waals surface area contributed by atoms with Crippen LogP contribution in [0.1, 0.15) is 25.8 Å². The number of benzene rings is 1. The van der Waals surface area contributed by atoms with Crippen LogP contribution in [0, 0.1) is 0 Å². The number of likely N-dealkylation sites (N-methyl/N-ethyl adjacent to an activating group) is 1. The van der Waals surface area contributed by atoms with Crippen molar-refractivity contribution < 1.29 is 5.11 Å². The summed E-state index contributed by atoms with van der Waals surface area (Å²) >= 11 is 0. The third-order valence-corrected chi connectivity index (χ3v) is 3.99. The number of aromatic nitrogens is 2. The van der Waals surface area contributed by atoms with Gasteiger partial charge in [-0.25, -0.2) is 4.79 Å². The van der Waals surface area contributed by atoms with Gasteiger partial charge in [-0.05, 0) is 38.1 Å². The van der Waals surface area contributed by atoms with Crippen molar-refractivity contribution in [2.24, 2.45) is 0 Å². The van der Waals surface area contributed by atoms with Crippen LogP contribution in [-0.4, -0.2) is 39.2 Å². The molecule has 1 aromatic heterocycles. The zero-order valence-corrected chi connectivity index (χ0v) is 11.1. The van der Waals surface area contributed by atoms with Crippen LogP contribution in [0.25, 0.3) is 11.0 Å². The number of aromatic hydroxyl groups is 1. The number of hydrogen-bond acceptors (Lipinski definition) is 3. The van der Waals surface area contributed by atoms with Gasteiger partial charge >= 0.3 is 5.69 Å². The van der Waals surface area contributed by atoms with Crippen molar-refractivity contribution in [1.82, 2.24) is 14.5 Å². The van der Waals surface area contributed by atoms with Gasteiger partial charge < -0.3 is 15.0 Å². The fourth-order valence-corrected chi connectivity index (χ4v) is 3.00. The monoisotopic (exact) mass is 261 g/mol. The maximum atomic E-state index is 12.2. The molecule has 1 saturated heterocycles. The van der Waals surface area contributed by atoms with Crippen molar-refractivity contribution >= 4 is 11.0 Å². The standard InChI is InChI=1S/C14H19N3O2/c1-2-16-7-3-4-10(9-16)17-13-8-11(18)5-6-12(13)15-14(17)19/h5-6,8,10,18H,2-4,7,9H2,1H3,(H,15,19). The maximum absolute atomic E-state index is 12.2. The van der Waals surface area contributed by atoms with Crippen LogP contribution in [0.3, 0.4) is 0 Å². The lowest BCUT2D eigenvalue weighted by molar-refractivity contribution is 0.185. The molecule has 2 N–H and O–H groups in total. The van der Waals surface area contributed by atoms with Crippen molar-refractivity contribution in [2.75, 3.05) is 19.6 Å². The number of phenols is 1. The van der Waals surface area contributed by atoms with Crippen molar-refractivity contribution in [1.29, 1.82) is 0 Å². The van der Waals surface area contributed by atoms with E-state index in [1.807, 2.05) is 0 Å². The Morgan fingerprint density at radius 2 is 2.32 bits per heavy atom. The largest absolute Gasteiger partial charge is 0.508 e. The Bertz CT molecular complexity index is 644.